The van der Waals surface area contributed by atoms with Crippen LogP contribution in [0.1, 0.15) is 5.82 Å². The van der Waals surface area contributed by atoms with Crippen LogP contribution in [0, 0.1) is 0 Å². The van der Waals surface area contributed by atoms with Gasteiger partial charge in [0, 0.05) is 24.2 Å². The molecule has 1 aromatic carbocycles. The van der Waals surface area contributed by atoms with Gasteiger partial charge in [0.25, 0.3) is 5.91 Å². The van der Waals surface area contributed by atoms with E-state index in [-0.39, 0.29) is 12.5 Å². The van der Waals surface area contributed by atoms with Gasteiger partial charge in [-0.3, -0.25) is 9.20 Å². The Morgan fingerprint density at radius 1 is 1.17 bits per heavy atom. The van der Waals surface area contributed by atoms with Crippen molar-refractivity contribution in [3.63, 3.8) is 0 Å². The molecule has 3 aromatic rings. The van der Waals surface area contributed by atoms with E-state index in [9.17, 15) is 4.79 Å². The van der Waals surface area contributed by atoms with Crippen molar-refractivity contribution in [2.75, 3.05) is 13.2 Å². The van der Waals surface area contributed by atoms with Crippen LogP contribution in [0.5, 0.6) is 5.75 Å². The molecule has 23 heavy (non-hydrogen) atoms. The molecule has 0 radical (unpaired) electrons. The lowest BCUT2D eigenvalue weighted by molar-refractivity contribution is -0.123. The molecular weight excluding hydrogens is 316 g/mol. The van der Waals surface area contributed by atoms with Gasteiger partial charge in [-0.2, -0.15) is 0 Å². The number of carbonyl (C=O) groups excluding carboxylic acids is 1. The third-order valence-electron chi connectivity index (χ3n) is 3.24. The number of amides is 1. The highest BCUT2D eigenvalue weighted by atomic mass is 35.5. The number of carbonyl (C=O) groups is 1. The number of aromatic nitrogens is 3. The molecule has 2 aromatic heterocycles. The van der Waals surface area contributed by atoms with Gasteiger partial charge in [0.05, 0.1) is 0 Å². The number of nitrogens with one attached hydrogen (secondary N) is 1. The predicted molar refractivity (Wildman–Crippen MR) is 86.6 cm³/mol. The number of pyridine rings is 1. The lowest BCUT2D eigenvalue weighted by Crippen LogP contribution is -2.30. The summed E-state index contributed by atoms with van der Waals surface area (Å²) in [5, 5.41) is 11.6. The van der Waals surface area contributed by atoms with E-state index in [2.05, 4.69) is 15.5 Å². The van der Waals surface area contributed by atoms with E-state index < -0.39 is 0 Å². The van der Waals surface area contributed by atoms with E-state index in [1.807, 2.05) is 28.8 Å². The molecule has 0 saturated heterocycles. The number of benzene rings is 1. The smallest absolute Gasteiger partial charge is 0.257 e. The van der Waals surface area contributed by atoms with Crippen molar-refractivity contribution < 1.29 is 9.53 Å². The first kappa shape index (κ1) is 15.3. The molecule has 0 aliphatic rings. The number of fused-ring (bicyclic) bond motifs is 1. The average molecular weight is 331 g/mol. The Morgan fingerprint density at radius 2 is 2.00 bits per heavy atom. The Labute approximate surface area is 138 Å². The van der Waals surface area contributed by atoms with Gasteiger partial charge in [-0.15, -0.1) is 10.2 Å². The Hall–Kier alpha value is -2.60. The molecule has 1 N–H and O–H groups in total. The zero-order chi connectivity index (χ0) is 16.1. The van der Waals surface area contributed by atoms with Crippen molar-refractivity contribution in [2.24, 2.45) is 0 Å². The highest BCUT2D eigenvalue weighted by molar-refractivity contribution is 6.30. The van der Waals surface area contributed by atoms with Crippen LogP contribution in [0.3, 0.4) is 0 Å². The van der Waals surface area contributed by atoms with E-state index in [1.54, 1.807) is 24.3 Å². The fourth-order valence-corrected chi connectivity index (χ4v) is 2.23. The van der Waals surface area contributed by atoms with Gasteiger partial charge < -0.3 is 10.1 Å². The minimum absolute atomic E-state index is 0.0395. The number of hydrogen-bond donors (Lipinski definition) is 1. The van der Waals surface area contributed by atoms with Gasteiger partial charge in [0.1, 0.15) is 11.6 Å². The molecule has 0 aliphatic heterocycles. The summed E-state index contributed by atoms with van der Waals surface area (Å²) in [6.07, 6.45) is 2.49. The van der Waals surface area contributed by atoms with Gasteiger partial charge in [-0.05, 0) is 36.4 Å². The van der Waals surface area contributed by atoms with Crippen molar-refractivity contribution >= 4 is 23.2 Å². The molecule has 0 atom stereocenters. The topological polar surface area (TPSA) is 68.5 Å². The molecule has 118 valence electrons. The summed E-state index contributed by atoms with van der Waals surface area (Å²) in [5.74, 6) is 1.22. The fourth-order valence-electron chi connectivity index (χ4n) is 2.11. The first-order chi connectivity index (χ1) is 11.2. The fraction of sp³-hybridized carbons (Fsp3) is 0.188. The lowest BCUT2D eigenvalue weighted by Gasteiger charge is -2.07. The maximum absolute atomic E-state index is 11.8. The van der Waals surface area contributed by atoms with Crippen LogP contribution in [0.25, 0.3) is 5.65 Å². The quantitative estimate of drug-likeness (QED) is 0.751. The van der Waals surface area contributed by atoms with Crippen molar-refractivity contribution in [1.29, 1.82) is 0 Å². The molecule has 7 heteroatoms. The molecule has 0 spiro atoms. The molecular formula is C16H15ClN4O2. The standard InChI is InChI=1S/C16H15ClN4O2/c17-12-4-6-13(7-5-12)23-11-16(22)18-9-8-15-20-19-14-3-1-2-10-21(14)15/h1-7,10H,8-9,11H2,(H,18,22). The molecule has 0 bridgehead atoms. The van der Waals surface area contributed by atoms with Crippen molar-refractivity contribution in [3.8, 4) is 5.75 Å². The van der Waals surface area contributed by atoms with Crippen LogP contribution in [0.15, 0.2) is 48.7 Å². The van der Waals surface area contributed by atoms with Crippen LogP contribution in [0.2, 0.25) is 5.02 Å². The Bertz CT molecular complexity index is 801. The molecule has 3 rings (SSSR count). The maximum atomic E-state index is 11.8. The first-order valence-electron chi connectivity index (χ1n) is 7.16. The lowest BCUT2D eigenvalue weighted by atomic mass is 10.3. The number of rotatable bonds is 6. The number of hydrogen-bond acceptors (Lipinski definition) is 4. The van der Waals surface area contributed by atoms with Crippen LogP contribution < -0.4 is 10.1 Å². The summed E-state index contributed by atoms with van der Waals surface area (Å²) >= 11 is 5.79. The van der Waals surface area contributed by atoms with Gasteiger partial charge in [-0.1, -0.05) is 17.7 Å². The van der Waals surface area contributed by atoms with E-state index >= 15 is 0 Å². The summed E-state index contributed by atoms with van der Waals surface area (Å²) < 4.78 is 7.28. The third-order valence-corrected chi connectivity index (χ3v) is 3.49. The summed E-state index contributed by atoms with van der Waals surface area (Å²) in [6, 6.07) is 12.6. The Morgan fingerprint density at radius 3 is 2.83 bits per heavy atom. The second-order valence-electron chi connectivity index (χ2n) is 4.89. The van der Waals surface area contributed by atoms with Crippen LogP contribution in [-0.2, 0) is 11.2 Å². The van der Waals surface area contributed by atoms with Crippen LogP contribution >= 0.6 is 11.6 Å². The van der Waals surface area contributed by atoms with E-state index in [0.717, 1.165) is 11.5 Å². The molecule has 6 nitrogen and oxygen atoms in total. The van der Waals surface area contributed by atoms with Crippen molar-refractivity contribution in [2.45, 2.75) is 6.42 Å². The van der Waals surface area contributed by atoms with Gasteiger partial charge >= 0.3 is 0 Å². The van der Waals surface area contributed by atoms with E-state index in [0.29, 0.717) is 23.7 Å². The monoisotopic (exact) mass is 330 g/mol. The molecule has 0 fully saturated rings. The second kappa shape index (κ2) is 7.11. The van der Waals surface area contributed by atoms with Crippen molar-refractivity contribution in [3.05, 3.63) is 59.5 Å². The normalized spacial score (nSPS) is 10.7. The zero-order valence-corrected chi connectivity index (χ0v) is 13.0. The van der Waals surface area contributed by atoms with Crippen LogP contribution in [-0.4, -0.2) is 33.7 Å². The second-order valence-corrected chi connectivity index (χ2v) is 5.32. The van der Waals surface area contributed by atoms with E-state index in [4.69, 9.17) is 16.3 Å². The largest absolute Gasteiger partial charge is 0.484 e. The zero-order valence-electron chi connectivity index (χ0n) is 12.3. The Balaban J connectivity index is 1.45. The molecule has 0 saturated carbocycles. The first-order valence-corrected chi connectivity index (χ1v) is 7.54. The summed E-state index contributed by atoms with van der Waals surface area (Å²) in [7, 11) is 0. The number of halogens is 1. The Kier molecular flexibility index (Phi) is 4.73. The van der Waals surface area contributed by atoms with Gasteiger partial charge in [0.15, 0.2) is 12.3 Å². The highest BCUT2D eigenvalue weighted by Gasteiger charge is 2.06. The maximum Gasteiger partial charge on any atom is 0.257 e. The van der Waals surface area contributed by atoms with E-state index in [1.165, 1.54) is 0 Å². The van der Waals surface area contributed by atoms with Crippen molar-refractivity contribution in [1.82, 2.24) is 19.9 Å². The van der Waals surface area contributed by atoms with Gasteiger partial charge in [-0.25, -0.2) is 0 Å². The number of nitrogens with zero attached hydrogens (tertiary/aromatic N) is 3. The molecule has 2 heterocycles. The highest BCUT2D eigenvalue weighted by Crippen LogP contribution is 2.15. The molecule has 0 unspecified atom stereocenters. The summed E-state index contributed by atoms with van der Waals surface area (Å²) in [5.41, 5.74) is 0.792. The van der Waals surface area contributed by atoms with Gasteiger partial charge in [0.2, 0.25) is 0 Å². The minimum atomic E-state index is -0.186. The average Bonchev–Trinajstić information content (AvgIpc) is 2.98. The number of ether oxygens (including phenoxy) is 1. The molecule has 1 amide bonds. The minimum Gasteiger partial charge on any atom is -0.484 e. The third kappa shape index (κ3) is 3.98. The predicted octanol–water partition coefficient (Wildman–Crippen LogP) is 2.12. The molecule has 0 aliphatic carbocycles. The SMILES string of the molecule is O=C(COc1ccc(Cl)cc1)NCCc1nnc2ccccn12. The summed E-state index contributed by atoms with van der Waals surface area (Å²) in [4.78, 5) is 11.8. The summed E-state index contributed by atoms with van der Waals surface area (Å²) in [6.45, 7) is 0.431. The van der Waals surface area contributed by atoms with Crippen LogP contribution in [0.4, 0.5) is 0 Å².